The predicted molar refractivity (Wildman–Crippen MR) is 193 cm³/mol. The van der Waals surface area contributed by atoms with Crippen LogP contribution < -0.4 is 20.3 Å². The quantitative estimate of drug-likeness (QED) is 0.187. The summed E-state index contributed by atoms with van der Waals surface area (Å²) < 4.78 is 21.5. The van der Waals surface area contributed by atoms with Crippen LogP contribution in [0.5, 0.6) is 5.75 Å². The molecule has 14 heteroatoms. The highest BCUT2D eigenvalue weighted by molar-refractivity contribution is 6.32. The molecule has 1 unspecified atom stereocenters. The molecular weight excluding hydrogens is 703 g/mol. The summed E-state index contributed by atoms with van der Waals surface area (Å²) >= 11 is 6.25. The van der Waals surface area contributed by atoms with E-state index in [2.05, 4.69) is 25.7 Å². The van der Waals surface area contributed by atoms with E-state index in [4.69, 9.17) is 16.3 Å². The number of imide groups is 2. The first-order chi connectivity index (χ1) is 25.6. The summed E-state index contributed by atoms with van der Waals surface area (Å²) in [6, 6.07) is 17.9. The monoisotopic (exact) mass is 738 g/mol. The van der Waals surface area contributed by atoms with Crippen molar-refractivity contribution in [2.24, 2.45) is 0 Å². The average Bonchev–Trinajstić information content (AvgIpc) is 3.88. The van der Waals surface area contributed by atoms with Gasteiger partial charge >= 0.3 is 0 Å². The zero-order valence-electron chi connectivity index (χ0n) is 28.6. The molecule has 1 saturated carbocycles. The normalized spacial score (nSPS) is 21.9. The Hall–Kier alpha value is -5.56. The summed E-state index contributed by atoms with van der Waals surface area (Å²) in [7, 11) is 0. The number of hydrogen-bond acceptors (Lipinski definition) is 8. The van der Waals surface area contributed by atoms with Crippen LogP contribution in [0.15, 0.2) is 66.7 Å². The van der Waals surface area contributed by atoms with Crippen molar-refractivity contribution in [1.29, 1.82) is 0 Å². The highest BCUT2D eigenvalue weighted by Crippen LogP contribution is 2.38. The minimum Gasteiger partial charge on any atom is -0.489 e. The second kappa shape index (κ2) is 14.1. The first-order valence-electron chi connectivity index (χ1n) is 17.8. The van der Waals surface area contributed by atoms with Crippen LogP contribution in [0.2, 0.25) is 5.02 Å². The van der Waals surface area contributed by atoms with Gasteiger partial charge in [0.25, 0.3) is 17.7 Å². The minimum atomic E-state index is -1.02. The summed E-state index contributed by atoms with van der Waals surface area (Å²) in [4.78, 5) is 66.5. The number of nitrogens with one attached hydrogen (secondary N) is 3. The molecule has 5 amide bonds. The number of carbonyl (C=O) groups excluding carboxylic acids is 5. The van der Waals surface area contributed by atoms with E-state index in [-0.39, 0.29) is 47.5 Å². The van der Waals surface area contributed by atoms with Gasteiger partial charge in [-0.25, -0.2) is 4.39 Å². The Kier molecular flexibility index (Phi) is 9.19. The fourth-order valence-corrected chi connectivity index (χ4v) is 8.12. The zero-order chi connectivity index (χ0) is 36.8. The molecule has 1 aliphatic carbocycles. The highest BCUT2D eigenvalue weighted by Gasteiger charge is 2.45. The lowest BCUT2D eigenvalue weighted by Crippen LogP contribution is -2.54. The van der Waals surface area contributed by atoms with Crippen LogP contribution in [0.3, 0.4) is 0 Å². The number of fused-ring (bicyclic) bond motifs is 1. The Bertz CT molecular complexity index is 2150. The van der Waals surface area contributed by atoms with E-state index in [0.29, 0.717) is 42.5 Å². The van der Waals surface area contributed by atoms with Crippen molar-refractivity contribution < 1.29 is 33.1 Å². The molecule has 0 bridgehead atoms. The molecule has 272 valence electrons. The van der Waals surface area contributed by atoms with Crippen molar-refractivity contribution in [2.75, 3.05) is 23.3 Å². The number of piperidine rings is 2. The first kappa shape index (κ1) is 34.5. The first-order valence-corrected chi connectivity index (χ1v) is 18.2. The Morgan fingerprint density at radius 3 is 2.45 bits per heavy atom. The number of amides is 5. The topological polar surface area (TPSA) is 154 Å². The van der Waals surface area contributed by atoms with E-state index in [1.54, 1.807) is 36.4 Å². The number of benzene rings is 3. The lowest BCUT2D eigenvalue weighted by Gasteiger charge is -2.34. The van der Waals surface area contributed by atoms with E-state index >= 15 is 4.39 Å². The lowest BCUT2D eigenvalue weighted by atomic mass is 9.88. The molecule has 3 N–H and O–H groups in total. The summed E-state index contributed by atoms with van der Waals surface area (Å²) in [6.07, 6.45) is 4.10. The van der Waals surface area contributed by atoms with Gasteiger partial charge in [-0.15, -0.1) is 0 Å². The van der Waals surface area contributed by atoms with Gasteiger partial charge in [0.05, 0.1) is 27.8 Å². The molecule has 4 aromatic rings. The van der Waals surface area contributed by atoms with Gasteiger partial charge in [0, 0.05) is 42.9 Å². The summed E-state index contributed by atoms with van der Waals surface area (Å²) in [6.45, 7) is 1.25. The molecule has 3 aromatic carbocycles. The van der Waals surface area contributed by atoms with Crippen LogP contribution in [-0.4, -0.2) is 69.9 Å². The molecule has 3 aliphatic heterocycles. The summed E-state index contributed by atoms with van der Waals surface area (Å²) in [5.74, 6) is -2.16. The molecule has 1 aromatic heterocycles. The summed E-state index contributed by atoms with van der Waals surface area (Å²) in [5.41, 5.74) is 2.83. The van der Waals surface area contributed by atoms with Crippen LogP contribution in [-0.2, 0) is 9.59 Å². The number of H-pyrrole nitrogens is 1. The minimum absolute atomic E-state index is 0.0117. The van der Waals surface area contributed by atoms with Crippen LogP contribution in [0, 0.1) is 5.82 Å². The third-order valence-corrected chi connectivity index (χ3v) is 11.1. The van der Waals surface area contributed by atoms with Gasteiger partial charge in [-0.2, -0.15) is 5.10 Å². The maximum absolute atomic E-state index is 15.4. The van der Waals surface area contributed by atoms with Gasteiger partial charge in [-0.05, 0) is 92.5 Å². The molecule has 0 radical (unpaired) electrons. The molecule has 3 fully saturated rings. The van der Waals surface area contributed by atoms with Gasteiger partial charge < -0.3 is 15.0 Å². The molecule has 4 heterocycles. The predicted octanol–water partition coefficient (Wildman–Crippen LogP) is 5.95. The largest absolute Gasteiger partial charge is 0.489 e. The van der Waals surface area contributed by atoms with Crippen molar-refractivity contribution >= 4 is 52.6 Å². The molecule has 53 heavy (non-hydrogen) atoms. The van der Waals surface area contributed by atoms with E-state index < -0.39 is 41.4 Å². The number of rotatable bonds is 8. The molecule has 8 rings (SSSR count). The number of anilines is 2. The molecular formula is C39H36ClFN6O6. The van der Waals surface area contributed by atoms with Crippen molar-refractivity contribution in [1.82, 2.24) is 20.4 Å². The number of hydrogen-bond donors (Lipinski definition) is 3. The Balaban J connectivity index is 0.855. The smallest absolute Gasteiger partial charge is 0.262 e. The van der Waals surface area contributed by atoms with E-state index in [9.17, 15) is 24.0 Å². The van der Waals surface area contributed by atoms with Crippen LogP contribution >= 0.6 is 11.6 Å². The van der Waals surface area contributed by atoms with Crippen molar-refractivity contribution in [2.45, 2.75) is 68.9 Å². The van der Waals surface area contributed by atoms with Crippen molar-refractivity contribution in [3.05, 3.63) is 106 Å². The maximum Gasteiger partial charge on any atom is 0.262 e. The van der Waals surface area contributed by atoms with E-state index in [1.165, 1.54) is 12.1 Å². The lowest BCUT2D eigenvalue weighted by molar-refractivity contribution is -0.136. The third-order valence-electron chi connectivity index (χ3n) is 10.8. The van der Waals surface area contributed by atoms with Gasteiger partial charge in [0.1, 0.15) is 17.6 Å². The van der Waals surface area contributed by atoms with Crippen molar-refractivity contribution in [3.8, 4) is 5.75 Å². The average molecular weight is 739 g/mol. The van der Waals surface area contributed by atoms with Crippen LogP contribution in [0.25, 0.3) is 0 Å². The fourth-order valence-electron chi connectivity index (χ4n) is 7.94. The van der Waals surface area contributed by atoms with Gasteiger partial charge in [-0.3, -0.25) is 39.3 Å². The second-order valence-electron chi connectivity index (χ2n) is 14.0. The highest BCUT2D eigenvalue weighted by atomic mass is 35.5. The van der Waals surface area contributed by atoms with E-state index in [0.717, 1.165) is 41.1 Å². The number of nitrogens with zero attached hydrogens (tertiary/aromatic N) is 3. The van der Waals surface area contributed by atoms with Gasteiger partial charge in [0.15, 0.2) is 5.82 Å². The molecule has 0 spiro atoms. The SMILES string of the molecule is O=C1CCC(N2C(=O)c3ccc(N4CCC(c5ccc(C(=O)Nc6cc([C@H]7CC[C@@H](Oc8ccccc8Cl)C7)[nH]n6)c(F)c5)CC4)cc3C2=O)C(=O)N1. The standard InChI is InChI=1S/C39H36ClFN6O6/c40-29-3-1-2-4-33(29)53-25-8-5-23(17-25)31-20-34(45-44-31)42-36(49)27-9-6-22(18-30(27)41)21-13-15-46(16-14-21)24-7-10-26-28(19-24)39(52)47(38(26)51)32-11-12-35(48)43-37(32)50/h1-4,6-7,9-10,18-21,23,25,32H,5,8,11-17H2,(H,43,48,50)(H2,42,44,45,49)/t23-,25+,32?/m0/s1. The zero-order valence-corrected chi connectivity index (χ0v) is 29.3. The number of halogens is 2. The third kappa shape index (κ3) is 6.76. The number of ether oxygens (including phenoxy) is 1. The molecule has 2 saturated heterocycles. The van der Waals surface area contributed by atoms with E-state index in [1.807, 2.05) is 18.2 Å². The molecule has 3 atom stereocenters. The molecule has 4 aliphatic rings. The molecule has 12 nitrogen and oxygen atoms in total. The van der Waals surface area contributed by atoms with Gasteiger partial charge in [0.2, 0.25) is 11.8 Å². The van der Waals surface area contributed by atoms with Gasteiger partial charge in [-0.1, -0.05) is 29.8 Å². The number of aromatic nitrogens is 2. The Morgan fingerprint density at radius 2 is 1.68 bits per heavy atom. The number of para-hydroxylation sites is 1. The Morgan fingerprint density at radius 1 is 0.887 bits per heavy atom. The van der Waals surface area contributed by atoms with Crippen molar-refractivity contribution in [3.63, 3.8) is 0 Å². The number of carbonyl (C=O) groups is 5. The second-order valence-corrected chi connectivity index (χ2v) is 14.4. The maximum atomic E-state index is 15.4. The summed E-state index contributed by atoms with van der Waals surface area (Å²) in [5, 5.41) is 12.8. The number of aromatic amines is 1. The van der Waals surface area contributed by atoms with Crippen LogP contribution in [0.4, 0.5) is 15.9 Å². The fraction of sp³-hybridized carbons (Fsp3) is 0.333. The Labute approximate surface area is 309 Å². The van der Waals surface area contributed by atoms with Crippen LogP contribution in [0.1, 0.15) is 99.1 Å².